The second-order valence-electron chi connectivity index (χ2n) is 5.90. The number of nitrogens with zero attached hydrogens (tertiary/aromatic N) is 1. The Morgan fingerprint density at radius 2 is 1.79 bits per heavy atom. The molecule has 102 valence electrons. The predicted octanol–water partition coefficient (Wildman–Crippen LogP) is 3.91. The molecule has 0 amide bonds. The number of aromatic nitrogens is 1. The molecule has 1 heterocycles. The summed E-state index contributed by atoms with van der Waals surface area (Å²) < 4.78 is 5.64. The van der Waals surface area contributed by atoms with Gasteiger partial charge in [0.15, 0.2) is 0 Å². The van der Waals surface area contributed by atoms with Gasteiger partial charge in [0.05, 0.1) is 5.69 Å². The molecule has 0 aliphatic heterocycles. The van der Waals surface area contributed by atoms with E-state index in [1.165, 1.54) is 11.1 Å². The van der Waals surface area contributed by atoms with Gasteiger partial charge in [0.2, 0.25) is 0 Å². The highest BCUT2D eigenvalue weighted by Crippen LogP contribution is 2.24. The van der Waals surface area contributed by atoms with E-state index in [4.69, 9.17) is 4.42 Å². The van der Waals surface area contributed by atoms with Crippen LogP contribution in [0.4, 0.5) is 6.01 Å². The molecule has 1 aromatic carbocycles. The number of benzene rings is 1. The zero-order valence-electron chi connectivity index (χ0n) is 12.4. The van der Waals surface area contributed by atoms with Crippen molar-refractivity contribution in [3.05, 3.63) is 46.8 Å². The van der Waals surface area contributed by atoms with Crippen molar-refractivity contribution in [3.63, 3.8) is 0 Å². The Kier molecular flexibility index (Phi) is 3.65. The summed E-state index contributed by atoms with van der Waals surface area (Å²) in [5.74, 6) is 0.924. The number of aryl methyl sites for hydroxylation is 1. The first-order valence-corrected chi connectivity index (χ1v) is 6.63. The first-order chi connectivity index (χ1) is 8.90. The second kappa shape index (κ2) is 5.08. The number of rotatable bonds is 3. The monoisotopic (exact) mass is 258 g/mol. The number of hydrogen-bond donors (Lipinski definition) is 1. The van der Waals surface area contributed by atoms with E-state index in [1.807, 2.05) is 14.0 Å². The summed E-state index contributed by atoms with van der Waals surface area (Å²) in [5, 5.41) is 2.93. The van der Waals surface area contributed by atoms with Crippen LogP contribution in [0.5, 0.6) is 0 Å². The third-order valence-electron chi connectivity index (χ3n) is 3.29. The maximum absolute atomic E-state index is 5.64. The van der Waals surface area contributed by atoms with Gasteiger partial charge in [-0.2, -0.15) is 4.98 Å². The number of hydrogen-bond acceptors (Lipinski definition) is 3. The van der Waals surface area contributed by atoms with Crippen molar-refractivity contribution >= 4 is 6.01 Å². The van der Waals surface area contributed by atoms with E-state index in [1.54, 1.807) is 0 Å². The summed E-state index contributed by atoms with van der Waals surface area (Å²) >= 11 is 0. The van der Waals surface area contributed by atoms with E-state index in [-0.39, 0.29) is 5.41 Å². The van der Waals surface area contributed by atoms with Gasteiger partial charge in [-0.1, -0.05) is 45.0 Å². The lowest BCUT2D eigenvalue weighted by molar-refractivity contribution is 0.528. The fourth-order valence-electron chi connectivity index (χ4n) is 2.01. The quantitative estimate of drug-likeness (QED) is 0.907. The summed E-state index contributed by atoms with van der Waals surface area (Å²) in [6.07, 6.45) is 0.783. The van der Waals surface area contributed by atoms with Gasteiger partial charge >= 0.3 is 0 Å². The molecule has 0 unspecified atom stereocenters. The molecule has 0 saturated heterocycles. The summed E-state index contributed by atoms with van der Waals surface area (Å²) in [4.78, 5) is 4.30. The molecule has 3 heteroatoms. The van der Waals surface area contributed by atoms with Crippen LogP contribution in [0, 0.1) is 6.92 Å². The largest absolute Gasteiger partial charge is 0.428 e. The van der Waals surface area contributed by atoms with Crippen LogP contribution in [0.3, 0.4) is 0 Å². The van der Waals surface area contributed by atoms with Gasteiger partial charge in [-0.25, -0.2) is 0 Å². The molecule has 19 heavy (non-hydrogen) atoms. The van der Waals surface area contributed by atoms with Crippen molar-refractivity contribution < 1.29 is 4.42 Å². The number of nitrogens with one attached hydrogen (secondary N) is 1. The molecule has 1 N–H and O–H groups in total. The molecule has 2 aromatic rings. The Hall–Kier alpha value is -1.77. The zero-order valence-corrected chi connectivity index (χ0v) is 12.4. The molecular weight excluding hydrogens is 236 g/mol. The predicted molar refractivity (Wildman–Crippen MR) is 78.7 cm³/mol. The highest BCUT2D eigenvalue weighted by molar-refractivity contribution is 5.32. The van der Waals surface area contributed by atoms with E-state index in [2.05, 4.69) is 55.3 Å². The zero-order chi connectivity index (χ0) is 14.0. The van der Waals surface area contributed by atoms with Crippen LogP contribution in [-0.4, -0.2) is 12.0 Å². The molecule has 0 fully saturated rings. The van der Waals surface area contributed by atoms with Crippen molar-refractivity contribution in [3.8, 4) is 0 Å². The normalized spacial score (nSPS) is 11.6. The van der Waals surface area contributed by atoms with Crippen LogP contribution < -0.4 is 5.32 Å². The minimum atomic E-state index is 0.194. The standard InChI is InChI=1S/C16H22N2O/c1-11-14(19-15(17-5)18-11)10-12-6-8-13(9-7-12)16(2,3)4/h6-9H,10H2,1-5H3,(H,17,18). The highest BCUT2D eigenvalue weighted by atomic mass is 16.4. The molecule has 0 bridgehead atoms. The summed E-state index contributed by atoms with van der Waals surface area (Å²) in [7, 11) is 1.81. The van der Waals surface area contributed by atoms with Crippen molar-refractivity contribution in [1.29, 1.82) is 0 Å². The van der Waals surface area contributed by atoms with Gasteiger partial charge < -0.3 is 9.73 Å². The Labute approximate surface area is 115 Å². The highest BCUT2D eigenvalue weighted by Gasteiger charge is 2.14. The lowest BCUT2D eigenvalue weighted by Gasteiger charge is -2.19. The van der Waals surface area contributed by atoms with Gasteiger partial charge in [-0.05, 0) is 23.5 Å². The second-order valence-corrected chi connectivity index (χ2v) is 5.90. The van der Waals surface area contributed by atoms with Gasteiger partial charge in [0, 0.05) is 13.5 Å². The first kappa shape index (κ1) is 13.7. The Balaban J connectivity index is 2.17. The van der Waals surface area contributed by atoms with Crippen molar-refractivity contribution in [2.75, 3.05) is 12.4 Å². The SMILES string of the molecule is CNc1nc(C)c(Cc2ccc(C(C)(C)C)cc2)o1. The number of anilines is 1. The topological polar surface area (TPSA) is 38.1 Å². The molecule has 0 saturated carbocycles. The van der Waals surface area contributed by atoms with E-state index in [0.717, 1.165) is 17.9 Å². The van der Waals surface area contributed by atoms with Crippen molar-refractivity contribution in [2.24, 2.45) is 0 Å². The molecule has 0 atom stereocenters. The Bertz CT molecular complexity index is 547. The van der Waals surface area contributed by atoms with Crippen LogP contribution >= 0.6 is 0 Å². The fraction of sp³-hybridized carbons (Fsp3) is 0.438. The Morgan fingerprint density at radius 3 is 2.26 bits per heavy atom. The van der Waals surface area contributed by atoms with Crippen molar-refractivity contribution in [2.45, 2.75) is 39.5 Å². The summed E-state index contributed by atoms with van der Waals surface area (Å²) in [6.45, 7) is 8.65. The van der Waals surface area contributed by atoms with E-state index in [0.29, 0.717) is 6.01 Å². The Morgan fingerprint density at radius 1 is 1.16 bits per heavy atom. The molecule has 1 aromatic heterocycles. The first-order valence-electron chi connectivity index (χ1n) is 6.63. The van der Waals surface area contributed by atoms with E-state index in [9.17, 15) is 0 Å². The lowest BCUT2D eigenvalue weighted by Crippen LogP contribution is -2.10. The van der Waals surface area contributed by atoms with Crippen LogP contribution in [0.15, 0.2) is 28.7 Å². The average Bonchev–Trinajstić information content (AvgIpc) is 2.70. The molecule has 0 spiro atoms. The summed E-state index contributed by atoms with van der Waals surface area (Å²) in [5.41, 5.74) is 3.74. The van der Waals surface area contributed by atoms with Crippen LogP contribution in [0.25, 0.3) is 0 Å². The maximum atomic E-state index is 5.64. The summed E-state index contributed by atoms with van der Waals surface area (Å²) in [6, 6.07) is 9.31. The van der Waals surface area contributed by atoms with Gasteiger partial charge in [0.1, 0.15) is 5.76 Å². The van der Waals surface area contributed by atoms with Crippen LogP contribution in [-0.2, 0) is 11.8 Å². The van der Waals surface area contributed by atoms with Gasteiger partial charge in [-0.15, -0.1) is 0 Å². The molecule has 0 radical (unpaired) electrons. The molecule has 2 rings (SSSR count). The van der Waals surface area contributed by atoms with Crippen molar-refractivity contribution in [1.82, 2.24) is 4.98 Å². The molecule has 3 nitrogen and oxygen atoms in total. The van der Waals surface area contributed by atoms with E-state index >= 15 is 0 Å². The average molecular weight is 258 g/mol. The smallest absolute Gasteiger partial charge is 0.294 e. The lowest BCUT2D eigenvalue weighted by atomic mass is 9.86. The third kappa shape index (κ3) is 3.16. The number of oxazole rings is 1. The molecule has 0 aliphatic carbocycles. The maximum Gasteiger partial charge on any atom is 0.294 e. The van der Waals surface area contributed by atoms with Gasteiger partial charge in [0.25, 0.3) is 6.01 Å². The van der Waals surface area contributed by atoms with Crippen LogP contribution in [0.1, 0.15) is 43.4 Å². The third-order valence-corrected chi connectivity index (χ3v) is 3.29. The fourth-order valence-corrected chi connectivity index (χ4v) is 2.01. The van der Waals surface area contributed by atoms with Crippen LogP contribution in [0.2, 0.25) is 0 Å². The van der Waals surface area contributed by atoms with E-state index < -0.39 is 0 Å². The molecular formula is C16H22N2O. The minimum absolute atomic E-state index is 0.194. The van der Waals surface area contributed by atoms with Gasteiger partial charge in [-0.3, -0.25) is 0 Å². The minimum Gasteiger partial charge on any atom is -0.428 e. The molecule has 0 aliphatic rings.